The topological polar surface area (TPSA) is 12.0 Å². The van der Waals surface area contributed by atoms with Crippen molar-refractivity contribution in [3.8, 4) is 0 Å². The predicted molar refractivity (Wildman–Crippen MR) is 76.0 cm³/mol. The first-order valence-electron chi connectivity index (χ1n) is 6.50. The molecule has 0 aromatic heterocycles. The number of fused-ring (bicyclic) bond motifs is 1. The molecule has 3 heteroatoms. The van der Waals surface area contributed by atoms with Crippen molar-refractivity contribution < 1.29 is 4.39 Å². The minimum atomic E-state index is -0.225. The van der Waals surface area contributed by atoms with E-state index in [2.05, 4.69) is 23.5 Å². The molecule has 98 valence electrons. The predicted octanol–water partition coefficient (Wildman–Crippen LogP) is 3.91. The lowest BCUT2D eigenvalue weighted by Gasteiger charge is -2.27. The molecule has 0 bridgehead atoms. The molecule has 1 N–H and O–H groups in total. The van der Waals surface area contributed by atoms with Gasteiger partial charge in [0.15, 0.2) is 0 Å². The zero-order valence-corrected chi connectivity index (χ0v) is 11.3. The molecular formula is C16H15ClFN. The lowest BCUT2D eigenvalue weighted by Crippen LogP contribution is -2.31. The van der Waals surface area contributed by atoms with Crippen molar-refractivity contribution in [2.24, 2.45) is 0 Å². The summed E-state index contributed by atoms with van der Waals surface area (Å²) in [7, 11) is 0. The second-order valence-corrected chi connectivity index (χ2v) is 5.27. The Kier molecular flexibility index (Phi) is 3.54. The Balaban J connectivity index is 1.93. The molecule has 3 rings (SSSR count). The van der Waals surface area contributed by atoms with E-state index in [0.717, 1.165) is 13.0 Å². The van der Waals surface area contributed by atoms with E-state index in [1.54, 1.807) is 12.1 Å². The molecule has 0 saturated carbocycles. The third-order valence-corrected chi connectivity index (χ3v) is 4.04. The molecule has 19 heavy (non-hydrogen) atoms. The second-order valence-electron chi connectivity index (χ2n) is 4.86. The molecule has 0 spiro atoms. The molecule has 2 aromatic carbocycles. The van der Waals surface area contributed by atoms with Crippen molar-refractivity contribution in [2.75, 3.05) is 6.54 Å². The summed E-state index contributed by atoms with van der Waals surface area (Å²) in [6.45, 7) is 0.924. The molecule has 1 atom stereocenters. The van der Waals surface area contributed by atoms with Gasteiger partial charge < -0.3 is 5.32 Å². The van der Waals surface area contributed by atoms with E-state index >= 15 is 0 Å². The van der Waals surface area contributed by atoms with Crippen molar-refractivity contribution >= 4 is 11.6 Å². The van der Waals surface area contributed by atoms with Crippen LogP contribution in [-0.4, -0.2) is 6.54 Å². The number of rotatable bonds is 2. The Labute approximate surface area is 117 Å². The molecule has 1 unspecified atom stereocenters. The van der Waals surface area contributed by atoms with Crippen LogP contribution in [0.1, 0.15) is 22.7 Å². The van der Waals surface area contributed by atoms with Gasteiger partial charge in [-0.1, -0.05) is 41.9 Å². The smallest absolute Gasteiger partial charge is 0.127 e. The third kappa shape index (κ3) is 2.51. The Morgan fingerprint density at radius 3 is 2.84 bits per heavy atom. The van der Waals surface area contributed by atoms with Gasteiger partial charge in [-0.25, -0.2) is 4.39 Å². The van der Waals surface area contributed by atoms with Crippen LogP contribution >= 0.6 is 11.6 Å². The fourth-order valence-electron chi connectivity index (χ4n) is 2.71. The standard InChI is InChI=1S/C16H15ClFN/c17-14-6-3-7-15(18)13(14)10-16-12-5-2-1-4-11(12)8-9-19-16/h1-7,16,19H,8-10H2. The first-order chi connectivity index (χ1) is 9.25. The molecule has 1 heterocycles. The fourth-order valence-corrected chi connectivity index (χ4v) is 2.95. The van der Waals surface area contributed by atoms with E-state index in [-0.39, 0.29) is 11.9 Å². The van der Waals surface area contributed by atoms with Crippen LogP contribution in [0.2, 0.25) is 5.02 Å². The molecule has 0 radical (unpaired) electrons. The highest BCUT2D eigenvalue weighted by Gasteiger charge is 2.21. The SMILES string of the molecule is Fc1cccc(Cl)c1CC1NCCc2ccccc21. The van der Waals surface area contributed by atoms with Crippen LogP contribution < -0.4 is 5.32 Å². The lowest BCUT2D eigenvalue weighted by atomic mass is 9.90. The monoisotopic (exact) mass is 275 g/mol. The zero-order valence-electron chi connectivity index (χ0n) is 10.5. The maximum absolute atomic E-state index is 13.9. The van der Waals surface area contributed by atoms with Crippen LogP contribution in [0.25, 0.3) is 0 Å². The highest BCUT2D eigenvalue weighted by molar-refractivity contribution is 6.31. The van der Waals surface area contributed by atoms with Gasteiger partial charge in [-0.3, -0.25) is 0 Å². The fraction of sp³-hybridized carbons (Fsp3) is 0.250. The van der Waals surface area contributed by atoms with Crippen molar-refractivity contribution in [1.29, 1.82) is 0 Å². The summed E-state index contributed by atoms with van der Waals surface area (Å²) in [5.74, 6) is -0.225. The summed E-state index contributed by atoms with van der Waals surface area (Å²) < 4.78 is 13.9. The van der Waals surface area contributed by atoms with Crippen molar-refractivity contribution in [2.45, 2.75) is 18.9 Å². The minimum Gasteiger partial charge on any atom is -0.309 e. The molecule has 1 nitrogen and oxygen atoms in total. The average Bonchev–Trinajstić information content (AvgIpc) is 2.43. The van der Waals surface area contributed by atoms with Gasteiger partial charge in [0.2, 0.25) is 0 Å². The minimum absolute atomic E-state index is 0.138. The number of hydrogen-bond donors (Lipinski definition) is 1. The molecule has 2 aromatic rings. The normalized spacial score (nSPS) is 18.1. The van der Waals surface area contributed by atoms with Gasteiger partial charge in [0, 0.05) is 16.6 Å². The van der Waals surface area contributed by atoms with Crippen LogP contribution in [-0.2, 0) is 12.8 Å². The molecule has 1 aliphatic rings. The highest BCUT2D eigenvalue weighted by atomic mass is 35.5. The van der Waals surface area contributed by atoms with Gasteiger partial charge in [0.1, 0.15) is 5.82 Å². The van der Waals surface area contributed by atoms with Crippen LogP contribution in [0.4, 0.5) is 4.39 Å². The average molecular weight is 276 g/mol. The Hall–Kier alpha value is -1.38. The van der Waals surface area contributed by atoms with Crippen molar-refractivity contribution in [1.82, 2.24) is 5.32 Å². The Morgan fingerprint density at radius 2 is 2.00 bits per heavy atom. The number of hydrogen-bond acceptors (Lipinski definition) is 1. The summed E-state index contributed by atoms with van der Waals surface area (Å²) in [6.07, 6.45) is 1.61. The Bertz CT molecular complexity index is 577. The van der Waals surface area contributed by atoms with E-state index in [4.69, 9.17) is 11.6 Å². The highest BCUT2D eigenvalue weighted by Crippen LogP contribution is 2.29. The number of nitrogens with one attached hydrogen (secondary N) is 1. The molecule has 0 amide bonds. The van der Waals surface area contributed by atoms with E-state index in [0.29, 0.717) is 17.0 Å². The summed E-state index contributed by atoms with van der Waals surface area (Å²) in [6, 6.07) is 13.3. The van der Waals surface area contributed by atoms with Crippen LogP contribution in [0, 0.1) is 5.82 Å². The van der Waals surface area contributed by atoms with Gasteiger partial charge >= 0.3 is 0 Å². The van der Waals surface area contributed by atoms with Gasteiger partial charge in [-0.05, 0) is 42.6 Å². The first kappa shape index (κ1) is 12.6. The summed E-state index contributed by atoms with van der Waals surface area (Å²) in [4.78, 5) is 0. The largest absolute Gasteiger partial charge is 0.309 e. The summed E-state index contributed by atoms with van der Waals surface area (Å²) in [5.41, 5.74) is 3.20. The Morgan fingerprint density at radius 1 is 1.16 bits per heavy atom. The van der Waals surface area contributed by atoms with Crippen molar-refractivity contribution in [3.63, 3.8) is 0 Å². The van der Waals surface area contributed by atoms with E-state index in [9.17, 15) is 4.39 Å². The second kappa shape index (κ2) is 5.32. The zero-order chi connectivity index (χ0) is 13.2. The van der Waals surface area contributed by atoms with E-state index in [1.165, 1.54) is 17.2 Å². The van der Waals surface area contributed by atoms with Gasteiger partial charge in [0.05, 0.1) is 0 Å². The van der Waals surface area contributed by atoms with Gasteiger partial charge in [-0.15, -0.1) is 0 Å². The van der Waals surface area contributed by atoms with Gasteiger partial charge in [-0.2, -0.15) is 0 Å². The molecule has 0 aliphatic carbocycles. The third-order valence-electron chi connectivity index (χ3n) is 3.69. The maximum atomic E-state index is 13.9. The number of halogens is 2. The van der Waals surface area contributed by atoms with E-state index < -0.39 is 0 Å². The van der Waals surface area contributed by atoms with Crippen LogP contribution in [0.3, 0.4) is 0 Å². The van der Waals surface area contributed by atoms with Crippen LogP contribution in [0.5, 0.6) is 0 Å². The molecule has 1 aliphatic heterocycles. The van der Waals surface area contributed by atoms with E-state index in [1.807, 2.05) is 6.07 Å². The van der Waals surface area contributed by atoms with Crippen LogP contribution in [0.15, 0.2) is 42.5 Å². The quantitative estimate of drug-likeness (QED) is 0.876. The molecule has 0 saturated heterocycles. The maximum Gasteiger partial charge on any atom is 0.127 e. The summed E-state index contributed by atoms with van der Waals surface area (Å²) >= 11 is 6.11. The summed E-state index contributed by atoms with van der Waals surface area (Å²) in [5, 5.41) is 3.96. The van der Waals surface area contributed by atoms with Crippen molar-refractivity contribution in [3.05, 3.63) is 70.0 Å². The van der Waals surface area contributed by atoms with Gasteiger partial charge in [0.25, 0.3) is 0 Å². The number of benzene rings is 2. The first-order valence-corrected chi connectivity index (χ1v) is 6.87. The lowest BCUT2D eigenvalue weighted by molar-refractivity contribution is 0.490. The molecule has 0 fully saturated rings. The molecular weight excluding hydrogens is 261 g/mol.